The molecule has 1 heterocycles. The van der Waals surface area contributed by atoms with Crippen molar-refractivity contribution in [3.8, 4) is 0 Å². The van der Waals surface area contributed by atoms with Gasteiger partial charge >= 0.3 is 0 Å². The lowest BCUT2D eigenvalue weighted by atomic mass is 10.2. The molecule has 1 aromatic rings. The predicted molar refractivity (Wildman–Crippen MR) is 86.6 cm³/mol. The van der Waals surface area contributed by atoms with E-state index in [-0.39, 0.29) is 5.88 Å². The fraction of sp³-hybridized carbons (Fsp3) is 0.0714. The zero-order chi connectivity index (χ0) is 15.0. The van der Waals surface area contributed by atoms with Gasteiger partial charge in [0, 0.05) is 16.2 Å². The number of hydrogen-bond acceptors (Lipinski definition) is 6. The number of aliphatic hydroxyl groups excluding tert-OH is 1. The normalized spacial score (nSPS) is 20.4. The number of hydrazone groups is 1. The van der Waals surface area contributed by atoms with Crippen LogP contribution in [-0.2, 0) is 0 Å². The molecule has 3 N–H and O–H groups in total. The number of hydrogen-bond donors (Lipinski definition) is 3. The van der Waals surface area contributed by atoms with Gasteiger partial charge in [0.25, 0.3) is 0 Å². The van der Waals surface area contributed by atoms with Crippen LogP contribution in [-0.4, -0.2) is 26.5 Å². The number of rotatable bonds is 2. The summed E-state index contributed by atoms with van der Waals surface area (Å²) in [6.45, 7) is 0. The van der Waals surface area contributed by atoms with E-state index in [9.17, 15) is 5.11 Å². The van der Waals surface area contributed by atoms with E-state index in [2.05, 4.69) is 17.7 Å². The van der Waals surface area contributed by atoms with Crippen molar-refractivity contribution >= 4 is 30.1 Å². The highest BCUT2D eigenvalue weighted by Gasteiger charge is 2.33. The highest BCUT2D eigenvalue weighted by Crippen LogP contribution is 2.27. The van der Waals surface area contributed by atoms with Gasteiger partial charge in [0.05, 0.1) is 0 Å². The monoisotopic (exact) mass is 320 g/mol. The summed E-state index contributed by atoms with van der Waals surface area (Å²) in [5.74, 6) is 6.51. The van der Waals surface area contributed by atoms with Crippen LogP contribution in [0.5, 0.6) is 0 Å². The summed E-state index contributed by atoms with van der Waals surface area (Å²) in [4.78, 5) is 0. The first-order chi connectivity index (χ1) is 10.1. The summed E-state index contributed by atoms with van der Waals surface area (Å²) < 4.78 is 0. The van der Waals surface area contributed by atoms with Crippen LogP contribution in [0.2, 0.25) is 5.02 Å². The largest absolute Gasteiger partial charge is 0.493 e. The molecule has 3 rings (SSSR count). The summed E-state index contributed by atoms with van der Waals surface area (Å²) in [7, 11) is 0. The average Bonchev–Trinajstić information content (AvgIpc) is 3.10. The molecule has 21 heavy (non-hydrogen) atoms. The van der Waals surface area contributed by atoms with Gasteiger partial charge in [0.15, 0.2) is 11.3 Å². The molecule has 0 aromatic heterocycles. The second-order valence-corrected chi connectivity index (χ2v) is 5.42. The van der Waals surface area contributed by atoms with E-state index < -0.39 is 5.50 Å². The highest BCUT2D eigenvalue weighted by atomic mass is 35.5. The van der Waals surface area contributed by atoms with Gasteiger partial charge in [0.2, 0.25) is 5.88 Å². The molecule has 5 nitrogen and oxygen atoms in total. The number of amidine groups is 1. The zero-order valence-electron chi connectivity index (χ0n) is 10.9. The van der Waals surface area contributed by atoms with Crippen molar-refractivity contribution in [2.75, 3.05) is 0 Å². The van der Waals surface area contributed by atoms with Gasteiger partial charge < -0.3 is 5.11 Å². The Morgan fingerprint density at radius 2 is 1.86 bits per heavy atom. The topological polar surface area (TPSA) is 65.1 Å². The number of nitrogens with zero attached hydrogens (tertiary/aromatic N) is 3. The standard InChI is InChI=1S/C14H13ClN4OS/c15-11-7-5-9(6-8-11)12-17-19(14(21)18(12)16)13(20)10-3-1-2-4-10/h1-8,14,20-21H,16H2. The molecule has 0 radical (unpaired) electrons. The quantitative estimate of drug-likeness (QED) is 0.445. The van der Waals surface area contributed by atoms with E-state index in [0.29, 0.717) is 16.4 Å². The van der Waals surface area contributed by atoms with Crippen molar-refractivity contribution in [1.29, 1.82) is 0 Å². The number of hydrazine groups is 1. The third kappa shape index (κ3) is 2.53. The molecule has 1 unspecified atom stereocenters. The Bertz CT molecular complexity index is 667. The van der Waals surface area contributed by atoms with Crippen molar-refractivity contribution < 1.29 is 5.11 Å². The highest BCUT2D eigenvalue weighted by molar-refractivity contribution is 7.80. The molecule has 1 atom stereocenters. The molecule has 0 saturated heterocycles. The minimum atomic E-state index is -0.592. The molecular weight excluding hydrogens is 308 g/mol. The first-order valence-electron chi connectivity index (χ1n) is 6.21. The maximum Gasteiger partial charge on any atom is 0.217 e. The Hall–Kier alpha value is -1.89. The Morgan fingerprint density at radius 3 is 2.48 bits per heavy atom. The molecular formula is C14H13ClN4OS. The lowest BCUT2D eigenvalue weighted by Gasteiger charge is -2.23. The van der Waals surface area contributed by atoms with Crippen LogP contribution in [0.15, 0.2) is 65.1 Å². The molecule has 0 saturated carbocycles. The molecule has 1 aliphatic heterocycles. The minimum absolute atomic E-state index is 0.000543. The van der Waals surface area contributed by atoms with E-state index in [0.717, 1.165) is 5.56 Å². The van der Waals surface area contributed by atoms with Crippen LogP contribution in [0.1, 0.15) is 5.56 Å². The summed E-state index contributed by atoms with van der Waals surface area (Å²) >= 11 is 10.3. The van der Waals surface area contributed by atoms with E-state index in [1.165, 1.54) is 10.0 Å². The van der Waals surface area contributed by atoms with Crippen molar-refractivity contribution in [2.45, 2.75) is 5.50 Å². The zero-order valence-corrected chi connectivity index (χ0v) is 12.5. The Balaban J connectivity index is 1.97. The lowest BCUT2D eigenvalue weighted by Crippen LogP contribution is -2.43. The lowest BCUT2D eigenvalue weighted by molar-refractivity contribution is 0.161. The van der Waals surface area contributed by atoms with Crippen molar-refractivity contribution in [3.05, 3.63) is 70.6 Å². The van der Waals surface area contributed by atoms with Crippen LogP contribution >= 0.6 is 24.2 Å². The molecule has 0 spiro atoms. The van der Waals surface area contributed by atoms with Crippen LogP contribution in [0.25, 0.3) is 0 Å². The van der Waals surface area contributed by atoms with Gasteiger partial charge in [-0.1, -0.05) is 23.8 Å². The Kier molecular flexibility index (Phi) is 3.67. The Morgan fingerprint density at radius 1 is 1.24 bits per heavy atom. The molecule has 0 fully saturated rings. The summed E-state index contributed by atoms with van der Waals surface area (Å²) in [6.07, 6.45) is 7.23. The fourth-order valence-corrected chi connectivity index (χ4v) is 2.45. The SMILES string of the molecule is NN1C(c2ccc(Cl)cc2)=NN(C(O)=C2C=CC=C2)C1S. The smallest absolute Gasteiger partial charge is 0.217 e. The van der Waals surface area contributed by atoms with Gasteiger partial charge in [-0.2, -0.15) is 5.01 Å². The number of nitrogens with two attached hydrogens (primary N) is 1. The third-order valence-electron chi connectivity index (χ3n) is 3.15. The molecule has 0 bridgehead atoms. The van der Waals surface area contributed by atoms with Gasteiger partial charge in [0.1, 0.15) is 0 Å². The van der Waals surface area contributed by atoms with Crippen LogP contribution < -0.4 is 5.84 Å². The van der Waals surface area contributed by atoms with Crippen LogP contribution in [0.3, 0.4) is 0 Å². The van der Waals surface area contributed by atoms with Crippen LogP contribution in [0, 0.1) is 0 Å². The van der Waals surface area contributed by atoms with E-state index in [4.69, 9.17) is 17.4 Å². The molecule has 1 aromatic carbocycles. The van der Waals surface area contributed by atoms with Crippen molar-refractivity contribution in [2.24, 2.45) is 10.9 Å². The first kappa shape index (κ1) is 14.1. The predicted octanol–water partition coefficient (Wildman–Crippen LogP) is 2.60. The Labute approximate surface area is 132 Å². The molecule has 0 amide bonds. The average molecular weight is 321 g/mol. The number of allylic oxidation sites excluding steroid dienone is 5. The molecule has 2 aliphatic rings. The molecule has 1 aliphatic carbocycles. The summed E-state index contributed by atoms with van der Waals surface area (Å²) in [5.41, 5.74) is 0.855. The van der Waals surface area contributed by atoms with E-state index >= 15 is 0 Å². The number of benzene rings is 1. The van der Waals surface area contributed by atoms with Crippen molar-refractivity contribution in [1.82, 2.24) is 10.0 Å². The maximum absolute atomic E-state index is 10.3. The second-order valence-electron chi connectivity index (χ2n) is 4.53. The molecule has 108 valence electrons. The summed E-state index contributed by atoms with van der Waals surface area (Å²) in [6, 6.07) is 7.13. The molecule has 7 heteroatoms. The van der Waals surface area contributed by atoms with Crippen LogP contribution in [0.4, 0.5) is 0 Å². The van der Waals surface area contributed by atoms with Gasteiger partial charge in [-0.3, -0.25) is 5.01 Å². The van der Waals surface area contributed by atoms with Gasteiger partial charge in [-0.05, 0) is 36.4 Å². The minimum Gasteiger partial charge on any atom is -0.493 e. The third-order valence-corrected chi connectivity index (χ3v) is 3.87. The van der Waals surface area contributed by atoms with E-state index in [1.807, 2.05) is 24.3 Å². The fourth-order valence-electron chi connectivity index (χ4n) is 2.05. The maximum atomic E-state index is 10.3. The number of halogens is 1. The van der Waals surface area contributed by atoms with Crippen molar-refractivity contribution in [3.63, 3.8) is 0 Å². The number of thiol groups is 1. The van der Waals surface area contributed by atoms with Gasteiger partial charge in [-0.15, -0.1) is 17.7 Å². The number of aliphatic hydroxyl groups is 1. The van der Waals surface area contributed by atoms with Gasteiger partial charge in [-0.25, -0.2) is 5.84 Å². The second kappa shape index (κ2) is 5.48. The van der Waals surface area contributed by atoms with E-state index in [1.54, 1.807) is 24.3 Å². The summed E-state index contributed by atoms with van der Waals surface area (Å²) in [5, 5.41) is 18.0. The first-order valence-corrected chi connectivity index (χ1v) is 7.11.